The van der Waals surface area contributed by atoms with E-state index in [4.69, 9.17) is 19.6 Å². The molecule has 3 N–H and O–H groups in total. The molecule has 0 fully saturated rings. The lowest BCUT2D eigenvalue weighted by atomic mass is 9.85. The molecule has 4 aromatic rings. The summed E-state index contributed by atoms with van der Waals surface area (Å²) in [5.41, 5.74) is 6.55. The van der Waals surface area contributed by atoms with Crippen molar-refractivity contribution in [2.45, 2.75) is 35.8 Å². The molecule has 1 heterocycles. The number of hydrogen-bond acceptors (Lipinski definition) is 8. The van der Waals surface area contributed by atoms with E-state index < -0.39 is 27.4 Å². The van der Waals surface area contributed by atoms with Crippen molar-refractivity contribution >= 4 is 53.5 Å². The maximum atomic E-state index is 14.3. The Morgan fingerprint density at radius 3 is 2.23 bits per heavy atom. The Hall–Kier alpha value is -3.55. The molecule has 0 aliphatic carbocycles. The Morgan fingerprint density at radius 2 is 1.57 bits per heavy atom. The fourth-order valence-electron chi connectivity index (χ4n) is 5.15. The van der Waals surface area contributed by atoms with Crippen molar-refractivity contribution in [3.8, 4) is 5.75 Å². The number of nitrogens with one attached hydrogen (secondary N) is 2. The maximum Gasteiger partial charge on any atom is 0.266 e. The normalized spacial score (nSPS) is 17.5. The summed E-state index contributed by atoms with van der Waals surface area (Å²) in [6.45, 7) is 0.834. The first-order valence-corrected chi connectivity index (χ1v) is 18.4. The van der Waals surface area contributed by atoms with Crippen LogP contribution in [0.5, 0.6) is 5.75 Å². The topological polar surface area (TPSA) is 126 Å². The Balaban J connectivity index is 1.47. The number of nitrogens with zero attached hydrogens (tertiary/aromatic N) is 1. The molecule has 0 spiro atoms. The highest BCUT2D eigenvalue weighted by Gasteiger charge is 2.53. The second-order valence-corrected chi connectivity index (χ2v) is 14.9. The van der Waals surface area contributed by atoms with E-state index in [0.29, 0.717) is 42.9 Å². The van der Waals surface area contributed by atoms with Crippen LogP contribution in [-0.4, -0.2) is 56.4 Å². The predicted molar refractivity (Wildman–Crippen MR) is 188 cm³/mol. The van der Waals surface area contributed by atoms with Crippen molar-refractivity contribution in [3.05, 3.63) is 129 Å². The monoisotopic (exact) mass is 783 g/mol. The van der Waals surface area contributed by atoms with Crippen molar-refractivity contribution in [2.75, 3.05) is 25.5 Å². The Kier molecular flexibility index (Phi) is 11.9. The molecule has 1 aliphatic heterocycles. The lowest BCUT2D eigenvalue weighted by Crippen LogP contribution is -2.53. The number of rotatable bonds is 15. The van der Waals surface area contributed by atoms with E-state index >= 15 is 0 Å². The third-order valence-electron chi connectivity index (χ3n) is 7.71. The Bertz CT molecular complexity index is 1770. The number of aliphatic hydroxyl groups is 1. The number of sulfone groups is 1. The molecule has 1 aliphatic rings. The van der Waals surface area contributed by atoms with Crippen LogP contribution in [0.15, 0.2) is 122 Å². The van der Waals surface area contributed by atoms with Gasteiger partial charge in [-0.3, -0.25) is 10.2 Å². The van der Waals surface area contributed by atoms with Gasteiger partial charge in [-0.1, -0.05) is 74.3 Å². The van der Waals surface area contributed by atoms with Crippen molar-refractivity contribution in [2.24, 2.45) is 4.99 Å². The molecule has 0 aromatic heterocycles. The molecule has 246 valence electrons. The van der Waals surface area contributed by atoms with Gasteiger partial charge in [0, 0.05) is 40.5 Å². The van der Waals surface area contributed by atoms with E-state index in [9.17, 15) is 13.2 Å². The maximum absolute atomic E-state index is 14.3. The van der Waals surface area contributed by atoms with E-state index in [1.54, 1.807) is 54.6 Å². The van der Waals surface area contributed by atoms with Gasteiger partial charge in [-0.25, -0.2) is 18.8 Å². The summed E-state index contributed by atoms with van der Waals surface area (Å²) in [4.78, 5) is 19.4. The highest BCUT2D eigenvalue weighted by Crippen LogP contribution is 2.43. The highest BCUT2D eigenvalue weighted by atomic mass is 79.9. The predicted octanol–water partition coefficient (Wildman–Crippen LogP) is 5.96. The number of aliphatic hydroxyl groups excluding tert-OH is 1. The SMILES string of the molecule is O=C(NNCCc1ccc(Br)cc1)[C@@]1(CCS(=O)(=O)c2ccccc2)N=C(c2ccc(OCCCO)cc2)O[C@H]1c1ccc(Br)cc1. The molecule has 12 heteroatoms. The summed E-state index contributed by atoms with van der Waals surface area (Å²) < 4.78 is 41.0. The number of hydrazine groups is 1. The van der Waals surface area contributed by atoms with Gasteiger partial charge in [0.2, 0.25) is 5.90 Å². The molecule has 0 saturated carbocycles. The first kappa shape index (κ1) is 34.8. The molecule has 0 bridgehead atoms. The van der Waals surface area contributed by atoms with Gasteiger partial charge in [0.15, 0.2) is 21.5 Å². The summed E-state index contributed by atoms with van der Waals surface area (Å²) in [5.74, 6) is -0.0303. The molecule has 9 nitrogen and oxygen atoms in total. The van der Waals surface area contributed by atoms with E-state index in [1.165, 1.54) is 0 Å². The number of carbonyl (C=O) groups is 1. The Labute approximate surface area is 291 Å². The van der Waals surface area contributed by atoms with Crippen LogP contribution in [-0.2, 0) is 25.8 Å². The number of ether oxygens (including phenoxy) is 2. The van der Waals surface area contributed by atoms with Crippen molar-refractivity contribution in [3.63, 3.8) is 0 Å². The van der Waals surface area contributed by atoms with Crippen molar-refractivity contribution in [1.82, 2.24) is 10.9 Å². The van der Waals surface area contributed by atoms with Crippen LogP contribution in [0, 0.1) is 0 Å². The van der Waals surface area contributed by atoms with Crippen LogP contribution >= 0.6 is 31.9 Å². The van der Waals surface area contributed by atoms with Crippen molar-refractivity contribution in [1.29, 1.82) is 0 Å². The van der Waals surface area contributed by atoms with Crippen LogP contribution in [0.2, 0.25) is 0 Å². The van der Waals surface area contributed by atoms with E-state index in [-0.39, 0.29) is 29.6 Å². The fourth-order valence-corrected chi connectivity index (χ4v) is 7.07. The lowest BCUT2D eigenvalue weighted by molar-refractivity contribution is -0.130. The van der Waals surface area contributed by atoms with Gasteiger partial charge in [-0.2, -0.15) is 0 Å². The summed E-state index contributed by atoms with van der Waals surface area (Å²) in [6, 6.07) is 30.5. The number of amides is 1. The summed E-state index contributed by atoms with van der Waals surface area (Å²) >= 11 is 6.91. The van der Waals surface area contributed by atoms with Gasteiger partial charge in [0.25, 0.3) is 5.91 Å². The zero-order valence-electron chi connectivity index (χ0n) is 25.4. The van der Waals surface area contributed by atoms with Crippen LogP contribution in [0.3, 0.4) is 0 Å². The minimum absolute atomic E-state index is 0.0312. The largest absolute Gasteiger partial charge is 0.494 e. The smallest absolute Gasteiger partial charge is 0.266 e. The van der Waals surface area contributed by atoms with Crippen LogP contribution in [0.1, 0.15) is 35.6 Å². The molecule has 4 aromatic carbocycles. The molecule has 47 heavy (non-hydrogen) atoms. The van der Waals surface area contributed by atoms with E-state index in [2.05, 4.69) is 42.7 Å². The second-order valence-electron chi connectivity index (χ2n) is 11.0. The van der Waals surface area contributed by atoms with Gasteiger partial charge in [0.1, 0.15) is 5.75 Å². The minimum atomic E-state index is -3.77. The van der Waals surface area contributed by atoms with Gasteiger partial charge in [-0.05, 0) is 78.2 Å². The van der Waals surface area contributed by atoms with Crippen LogP contribution < -0.4 is 15.6 Å². The van der Waals surface area contributed by atoms with E-state index in [1.807, 2.05) is 48.5 Å². The lowest BCUT2D eigenvalue weighted by Gasteiger charge is -2.30. The summed E-state index contributed by atoms with van der Waals surface area (Å²) in [5, 5.41) is 9.06. The number of hydrogen-bond donors (Lipinski definition) is 3. The molecule has 1 amide bonds. The van der Waals surface area contributed by atoms with Crippen LogP contribution in [0.25, 0.3) is 0 Å². The standard InChI is InChI=1S/C35H35Br2N3O6S/c36-28-13-7-25(8-14-28)19-21-38-40-34(42)35(20-24-47(43,44)31-5-2-1-3-6-31)32(26-9-15-29(37)16-10-26)46-33(39-35)27-11-17-30(18-12-27)45-23-4-22-41/h1-3,5-18,32,38,41H,4,19-24H2,(H,40,42)/t32-,35-/m0/s1. The number of halogens is 2. The molecule has 5 rings (SSSR count). The van der Waals surface area contributed by atoms with Crippen LogP contribution in [0.4, 0.5) is 0 Å². The third-order valence-corrected chi connectivity index (χ3v) is 10.5. The number of benzene rings is 4. The van der Waals surface area contributed by atoms with Crippen molar-refractivity contribution < 1.29 is 27.8 Å². The zero-order valence-corrected chi connectivity index (χ0v) is 29.4. The second kappa shape index (κ2) is 16.0. The third kappa shape index (κ3) is 8.88. The average molecular weight is 786 g/mol. The fraction of sp³-hybridized carbons (Fsp3) is 0.257. The van der Waals surface area contributed by atoms with Gasteiger partial charge >= 0.3 is 0 Å². The molecular formula is C35H35Br2N3O6S. The highest BCUT2D eigenvalue weighted by molar-refractivity contribution is 9.10. The zero-order chi connectivity index (χ0) is 33.3. The number of aliphatic imine (C=N–C) groups is 1. The first-order chi connectivity index (χ1) is 22.7. The van der Waals surface area contributed by atoms with Gasteiger partial charge < -0.3 is 14.6 Å². The quantitative estimate of drug-likeness (QED) is 0.100. The molecule has 0 unspecified atom stereocenters. The average Bonchev–Trinajstić information content (AvgIpc) is 3.49. The molecule has 0 radical (unpaired) electrons. The van der Waals surface area contributed by atoms with Gasteiger partial charge in [0.05, 0.1) is 17.3 Å². The summed E-state index contributed by atoms with van der Waals surface area (Å²) in [6.07, 6.45) is 0.0893. The summed E-state index contributed by atoms with van der Waals surface area (Å²) in [7, 11) is -3.77. The first-order valence-electron chi connectivity index (χ1n) is 15.1. The molecule has 2 atom stereocenters. The molecule has 0 saturated heterocycles. The Morgan fingerprint density at radius 1 is 0.915 bits per heavy atom. The molecular weight excluding hydrogens is 750 g/mol. The number of carbonyl (C=O) groups excluding carboxylic acids is 1. The minimum Gasteiger partial charge on any atom is -0.494 e. The van der Waals surface area contributed by atoms with Gasteiger partial charge in [-0.15, -0.1) is 0 Å². The van der Waals surface area contributed by atoms with E-state index in [0.717, 1.165) is 14.5 Å².